The third-order valence-corrected chi connectivity index (χ3v) is 9.54. The lowest BCUT2D eigenvalue weighted by Gasteiger charge is -2.14. The number of amides is 3. The second-order valence-corrected chi connectivity index (χ2v) is 13.8. The zero-order chi connectivity index (χ0) is 34.8. The van der Waals surface area contributed by atoms with Crippen LogP contribution in [0.15, 0.2) is 130 Å². The summed E-state index contributed by atoms with van der Waals surface area (Å²) in [5.74, 6) is -1.74. The fourth-order valence-corrected chi connectivity index (χ4v) is 7.01. The molecule has 248 valence electrons. The molecule has 0 aliphatic heterocycles. The fourth-order valence-electron chi connectivity index (χ4n) is 4.71. The number of nitrogens with one attached hydrogen (secondary N) is 3. The number of esters is 1. The summed E-state index contributed by atoms with van der Waals surface area (Å²) in [6, 6.07) is 32.5. The zero-order valence-corrected chi connectivity index (χ0v) is 29.8. The highest BCUT2D eigenvalue weighted by Gasteiger charge is 2.25. The van der Waals surface area contributed by atoms with E-state index in [0.29, 0.717) is 32.9 Å². The van der Waals surface area contributed by atoms with Crippen molar-refractivity contribution in [2.24, 2.45) is 0 Å². The predicted octanol–water partition coefficient (Wildman–Crippen LogP) is 8.88. The molecule has 5 rings (SSSR count). The Bertz CT molecular complexity index is 2000. The van der Waals surface area contributed by atoms with Gasteiger partial charge in [-0.05, 0) is 73.5 Å². The summed E-state index contributed by atoms with van der Waals surface area (Å²) in [6.07, 6.45) is 1.60. The summed E-state index contributed by atoms with van der Waals surface area (Å²) in [7, 11) is 0. The van der Waals surface area contributed by atoms with Crippen LogP contribution in [0.2, 0.25) is 0 Å². The van der Waals surface area contributed by atoms with Crippen LogP contribution in [0.5, 0.6) is 0 Å². The van der Waals surface area contributed by atoms with Gasteiger partial charge in [0, 0.05) is 31.6 Å². The topological polar surface area (TPSA) is 114 Å². The number of hydrogen-bond acceptors (Lipinski definition) is 7. The van der Waals surface area contributed by atoms with Crippen LogP contribution >= 0.6 is 39.0 Å². The average molecular weight is 755 g/mol. The van der Waals surface area contributed by atoms with Gasteiger partial charge >= 0.3 is 5.97 Å². The monoisotopic (exact) mass is 753 g/mol. The van der Waals surface area contributed by atoms with E-state index in [0.717, 1.165) is 14.9 Å². The van der Waals surface area contributed by atoms with E-state index in [2.05, 4.69) is 31.9 Å². The van der Waals surface area contributed by atoms with Crippen LogP contribution in [0.25, 0.3) is 17.2 Å². The number of thioether (sulfide) groups is 1. The third kappa shape index (κ3) is 9.56. The second kappa shape index (κ2) is 16.9. The molecule has 0 fully saturated rings. The highest BCUT2D eigenvalue weighted by molar-refractivity contribution is 9.10. The number of hydrogen-bond donors (Lipinski definition) is 3. The molecule has 1 atom stereocenters. The van der Waals surface area contributed by atoms with E-state index in [-0.39, 0.29) is 18.2 Å². The normalized spacial score (nSPS) is 11.7. The number of rotatable bonds is 12. The van der Waals surface area contributed by atoms with Crippen LogP contribution in [-0.2, 0) is 14.3 Å². The lowest BCUT2D eigenvalue weighted by molar-refractivity contribution is -0.115. The Balaban J connectivity index is 1.30. The van der Waals surface area contributed by atoms with Gasteiger partial charge in [-0.15, -0.1) is 23.1 Å². The van der Waals surface area contributed by atoms with Gasteiger partial charge in [-0.1, -0.05) is 82.7 Å². The number of halogens is 1. The Labute approximate surface area is 301 Å². The van der Waals surface area contributed by atoms with E-state index in [1.165, 1.54) is 23.1 Å². The molecule has 1 unspecified atom stereocenters. The third-order valence-electron chi connectivity index (χ3n) is 7.05. The summed E-state index contributed by atoms with van der Waals surface area (Å²) in [5.41, 5.74) is 3.51. The molecule has 4 aromatic carbocycles. The summed E-state index contributed by atoms with van der Waals surface area (Å²) < 4.78 is 6.14. The number of benzene rings is 4. The van der Waals surface area contributed by atoms with Crippen LogP contribution in [0, 0.1) is 0 Å². The Hall–Kier alpha value is -4.97. The minimum atomic E-state index is -0.555. The van der Waals surface area contributed by atoms with E-state index in [1.807, 2.05) is 72.1 Å². The van der Waals surface area contributed by atoms with Crippen molar-refractivity contribution >= 4 is 79.5 Å². The van der Waals surface area contributed by atoms with Crippen molar-refractivity contribution in [3.63, 3.8) is 0 Å². The van der Waals surface area contributed by atoms with Crippen LogP contribution in [-0.4, -0.2) is 35.5 Å². The SMILES string of the molecule is CCOC(=O)c1c(-c2ccccc2)csc1NC(=O)C(C)Sc1cccc(NC(=O)/C(=C\c2cccc(Br)c2)NC(=O)c2ccccc2)c1. The molecule has 1 aromatic heterocycles. The molecule has 0 aliphatic rings. The standard InChI is InChI=1S/C38H32BrN3O5S2/c1-3-47-38(46)33-31(26-13-6-4-7-14-26)23-48-37(33)42-34(43)24(2)49-30-19-11-18-29(22-30)40-36(45)32(21-25-12-10-17-28(39)20-25)41-35(44)27-15-8-5-9-16-27/h4-24H,3H2,1-2H3,(H,40,45)(H,41,44)(H,42,43)/b32-21+. The molecule has 3 N–H and O–H groups in total. The molecular formula is C38H32BrN3O5S2. The van der Waals surface area contributed by atoms with Crippen molar-refractivity contribution < 1.29 is 23.9 Å². The van der Waals surface area contributed by atoms with Crippen molar-refractivity contribution in [1.29, 1.82) is 0 Å². The first-order valence-corrected chi connectivity index (χ1v) is 17.8. The lowest BCUT2D eigenvalue weighted by Crippen LogP contribution is -2.30. The summed E-state index contributed by atoms with van der Waals surface area (Å²) in [4.78, 5) is 53.6. The van der Waals surface area contributed by atoms with Gasteiger partial charge in [0.05, 0.1) is 11.9 Å². The Kier molecular flexibility index (Phi) is 12.2. The highest BCUT2D eigenvalue weighted by atomic mass is 79.9. The second-order valence-electron chi connectivity index (χ2n) is 10.6. The van der Waals surface area contributed by atoms with Crippen molar-refractivity contribution in [2.45, 2.75) is 24.0 Å². The number of carbonyl (C=O) groups is 4. The van der Waals surface area contributed by atoms with E-state index < -0.39 is 23.0 Å². The van der Waals surface area contributed by atoms with Crippen molar-refractivity contribution in [1.82, 2.24) is 5.32 Å². The van der Waals surface area contributed by atoms with Gasteiger partial charge in [-0.3, -0.25) is 14.4 Å². The molecule has 0 aliphatic carbocycles. The first-order valence-electron chi connectivity index (χ1n) is 15.3. The number of carbonyl (C=O) groups excluding carboxylic acids is 4. The molecule has 0 radical (unpaired) electrons. The Morgan fingerprint density at radius 1 is 0.878 bits per heavy atom. The minimum absolute atomic E-state index is 0.0565. The van der Waals surface area contributed by atoms with E-state index >= 15 is 0 Å². The average Bonchev–Trinajstić information content (AvgIpc) is 3.52. The minimum Gasteiger partial charge on any atom is -0.462 e. The Morgan fingerprint density at radius 2 is 1.59 bits per heavy atom. The van der Waals surface area contributed by atoms with Crippen molar-refractivity contribution in [3.8, 4) is 11.1 Å². The van der Waals surface area contributed by atoms with Gasteiger partial charge in [0.2, 0.25) is 5.91 Å². The molecule has 3 amide bonds. The molecule has 0 bridgehead atoms. The number of thiophene rings is 1. The van der Waals surface area contributed by atoms with Crippen molar-refractivity contribution in [3.05, 3.63) is 141 Å². The van der Waals surface area contributed by atoms with Gasteiger partial charge in [-0.25, -0.2) is 4.79 Å². The van der Waals surface area contributed by atoms with Gasteiger partial charge in [0.25, 0.3) is 11.8 Å². The fraction of sp³-hybridized carbons (Fsp3) is 0.105. The predicted molar refractivity (Wildman–Crippen MR) is 201 cm³/mol. The number of ether oxygens (including phenoxy) is 1. The molecule has 0 saturated heterocycles. The van der Waals surface area contributed by atoms with Crippen LogP contribution in [0.4, 0.5) is 10.7 Å². The van der Waals surface area contributed by atoms with Gasteiger partial charge in [0.1, 0.15) is 16.3 Å². The summed E-state index contributed by atoms with van der Waals surface area (Å²) >= 11 is 6.01. The lowest BCUT2D eigenvalue weighted by atomic mass is 10.0. The maximum absolute atomic E-state index is 13.5. The maximum atomic E-state index is 13.5. The maximum Gasteiger partial charge on any atom is 0.341 e. The van der Waals surface area contributed by atoms with Gasteiger partial charge in [-0.2, -0.15) is 0 Å². The first kappa shape index (κ1) is 35.3. The Morgan fingerprint density at radius 3 is 2.31 bits per heavy atom. The molecular weight excluding hydrogens is 722 g/mol. The zero-order valence-electron chi connectivity index (χ0n) is 26.6. The highest BCUT2D eigenvalue weighted by Crippen LogP contribution is 2.37. The van der Waals surface area contributed by atoms with Crippen LogP contribution < -0.4 is 16.0 Å². The molecule has 0 saturated carbocycles. The van der Waals surface area contributed by atoms with E-state index in [4.69, 9.17) is 4.74 Å². The molecule has 1 heterocycles. The molecule has 8 nitrogen and oxygen atoms in total. The molecule has 49 heavy (non-hydrogen) atoms. The quantitative estimate of drug-likeness (QED) is 0.0667. The van der Waals surface area contributed by atoms with Crippen molar-refractivity contribution in [2.75, 3.05) is 17.2 Å². The van der Waals surface area contributed by atoms with E-state index in [9.17, 15) is 19.2 Å². The van der Waals surface area contributed by atoms with Crippen LogP contribution in [0.3, 0.4) is 0 Å². The molecule has 5 aromatic rings. The smallest absolute Gasteiger partial charge is 0.341 e. The largest absolute Gasteiger partial charge is 0.462 e. The number of anilines is 2. The van der Waals surface area contributed by atoms with Gasteiger partial charge < -0.3 is 20.7 Å². The molecule has 0 spiro atoms. The molecule has 11 heteroatoms. The van der Waals surface area contributed by atoms with Crippen LogP contribution in [0.1, 0.15) is 40.1 Å². The van der Waals surface area contributed by atoms with E-state index in [1.54, 1.807) is 62.4 Å². The summed E-state index contributed by atoms with van der Waals surface area (Å²) in [5, 5.41) is 10.2. The first-order chi connectivity index (χ1) is 23.7. The van der Waals surface area contributed by atoms with Gasteiger partial charge in [0.15, 0.2) is 0 Å². The summed E-state index contributed by atoms with van der Waals surface area (Å²) in [6.45, 7) is 3.70.